The molecule has 0 saturated heterocycles. The Morgan fingerprint density at radius 3 is 2.90 bits per heavy atom. The van der Waals surface area contributed by atoms with E-state index < -0.39 is 5.54 Å². The normalized spacial score (nSPS) is 27.6. The Labute approximate surface area is 122 Å². The molecule has 3 N–H and O–H groups in total. The summed E-state index contributed by atoms with van der Waals surface area (Å²) >= 11 is 0. The summed E-state index contributed by atoms with van der Waals surface area (Å²) in [7, 11) is 1.67. The molecule has 1 saturated carbocycles. The van der Waals surface area contributed by atoms with Crippen LogP contribution in [0.15, 0.2) is 0 Å². The Bertz CT molecular complexity index is 299. The maximum atomic E-state index is 11.9. The van der Waals surface area contributed by atoms with Crippen molar-refractivity contribution in [2.75, 3.05) is 26.9 Å². The van der Waals surface area contributed by atoms with Crippen molar-refractivity contribution in [3.05, 3.63) is 0 Å². The first kappa shape index (κ1) is 17.4. The number of methoxy groups -OCH3 is 1. The summed E-state index contributed by atoms with van der Waals surface area (Å²) in [5.74, 6) is 0.0692. The number of hydrogen-bond acceptors (Lipinski definition) is 4. The van der Waals surface area contributed by atoms with E-state index in [2.05, 4.69) is 12.2 Å². The van der Waals surface area contributed by atoms with Crippen LogP contribution in [0.4, 0.5) is 0 Å². The average molecular weight is 286 g/mol. The van der Waals surface area contributed by atoms with Crippen LogP contribution in [-0.2, 0) is 14.3 Å². The lowest BCUT2D eigenvalue weighted by Crippen LogP contribution is -2.58. The molecule has 5 nitrogen and oxygen atoms in total. The molecule has 1 aliphatic carbocycles. The highest BCUT2D eigenvalue weighted by Gasteiger charge is 2.46. The van der Waals surface area contributed by atoms with Gasteiger partial charge in [0, 0.05) is 13.7 Å². The highest BCUT2D eigenvalue weighted by molar-refractivity contribution is 5.85. The first-order valence-electron chi connectivity index (χ1n) is 7.72. The van der Waals surface area contributed by atoms with E-state index in [-0.39, 0.29) is 17.9 Å². The third-order valence-electron chi connectivity index (χ3n) is 4.22. The van der Waals surface area contributed by atoms with Crippen LogP contribution < -0.4 is 11.1 Å². The van der Waals surface area contributed by atoms with E-state index in [1.165, 1.54) is 0 Å². The van der Waals surface area contributed by atoms with Gasteiger partial charge in [-0.05, 0) is 45.1 Å². The highest BCUT2D eigenvalue weighted by atomic mass is 16.5. The van der Waals surface area contributed by atoms with Crippen molar-refractivity contribution in [3.8, 4) is 0 Å². The van der Waals surface area contributed by atoms with Gasteiger partial charge in [0.2, 0.25) is 5.91 Å². The van der Waals surface area contributed by atoms with Crippen LogP contribution in [0.5, 0.6) is 0 Å². The van der Waals surface area contributed by atoms with Gasteiger partial charge >= 0.3 is 0 Å². The molecule has 3 atom stereocenters. The highest BCUT2D eigenvalue weighted by Crippen LogP contribution is 2.38. The number of carbonyl (C=O) groups is 1. The van der Waals surface area contributed by atoms with Crippen molar-refractivity contribution in [3.63, 3.8) is 0 Å². The van der Waals surface area contributed by atoms with Gasteiger partial charge in [0.25, 0.3) is 0 Å². The van der Waals surface area contributed by atoms with Gasteiger partial charge in [0.15, 0.2) is 0 Å². The molecule has 0 aliphatic heterocycles. The summed E-state index contributed by atoms with van der Waals surface area (Å²) in [5, 5.41) is 3.40. The fourth-order valence-corrected chi connectivity index (χ4v) is 3.16. The molecule has 1 aliphatic rings. The Balaban J connectivity index is 2.51. The predicted octanol–water partition coefficient (Wildman–Crippen LogP) is 1.45. The third-order valence-corrected chi connectivity index (χ3v) is 4.22. The molecular weight excluding hydrogens is 256 g/mol. The molecule has 0 aromatic rings. The molecule has 0 aromatic heterocycles. The zero-order valence-corrected chi connectivity index (χ0v) is 13.1. The summed E-state index contributed by atoms with van der Waals surface area (Å²) in [4.78, 5) is 11.9. The van der Waals surface area contributed by atoms with Crippen molar-refractivity contribution in [2.45, 2.75) is 57.6 Å². The lowest BCUT2D eigenvalue weighted by atomic mass is 9.84. The first-order chi connectivity index (χ1) is 9.56. The molecule has 118 valence electrons. The number of hydrogen-bond donors (Lipinski definition) is 2. The molecule has 0 aromatic carbocycles. The van der Waals surface area contributed by atoms with Gasteiger partial charge in [-0.1, -0.05) is 13.3 Å². The zero-order chi connectivity index (χ0) is 15.0. The van der Waals surface area contributed by atoms with Gasteiger partial charge in [-0.25, -0.2) is 0 Å². The van der Waals surface area contributed by atoms with Gasteiger partial charge < -0.3 is 20.5 Å². The fourth-order valence-electron chi connectivity index (χ4n) is 3.16. The monoisotopic (exact) mass is 286 g/mol. The smallest absolute Gasteiger partial charge is 0.238 e. The molecule has 0 bridgehead atoms. The Hall–Kier alpha value is -0.650. The van der Waals surface area contributed by atoms with Gasteiger partial charge in [-0.3, -0.25) is 4.79 Å². The molecular formula is C15H30N2O3. The van der Waals surface area contributed by atoms with Gasteiger partial charge in [0.05, 0.1) is 12.7 Å². The van der Waals surface area contributed by atoms with E-state index in [9.17, 15) is 4.79 Å². The van der Waals surface area contributed by atoms with Crippen molar-refractivity contribution in [1.82, 2.24) is 5.32 Å². The minimum atomic E-state index is -0.524. The summed E-state index contributed by atoms with van der Waals surface area (Å²) in [6, 6.07) is 0. The second kappa shape index (κ2) is 8.60. The number of amides is 1. The van der Waals surface area contributed by atoms with Gasteiger partial charge in [0.1, 0.15) is 5.54 Å². The number of ether oxygens (including phenoxy) is 2. The summed E-state index contributed by atoms with van der Waals surface area (Å²) in [6.07, 6.45) is 4.91. The fraction of sp³-hybridized carbons (Fsp3) is 0.933. The molecule has 1 rings (SSSR count). The minimum absolute atomic E-state index is 0.0907. The Kier molecular flexibility index (Phi) is 7.48. The third kappa shape index (κ3) is 4.43. The van der Waals surface area contributed by atoms with E-state index in [1.807, 2.05) is 6.92 Å². The standard InChI is InChI=1S/C15H30N2O3/c1-4-9-17-15(14(16)18)8-5-6-13(15)7-10-20-12(2)11-19-3/h12-13,17H,4-11H2,1-3H3,(H2,16,18). The SMILES string of the molecule is CCCNC1(C(N)=O)CCCC1CCOC(C)COC. The van der Waals surface area contributed by atoms with Crippen molar-refractivity contribution < 1.29 is 14.3 Å². The van der Waals surface area contributed by atoms with E-state index in [1.54, 1.807) is 7.11 Å². The van der Waals surface area contributed by atoms with E-state index in [0.29, 0.717) is 13.2 Å². The largest absolute Gasteiger partial charge is 0.382 e. The number of rotatable bonds is 10. The second-order valence-corrected chi connectivity index (χ2v) is 5.78. The van der Waals surface area contributed by atoms with E-state index >= 15 is 0 Å². The summed E-state index contributed by atoms with van der Waals surface area (Å²) < 4.78 is 10.8. The van der Waals surface area contributed by atoms with Crippen LogP contribution in [0, 0.1) is 5.92 Å². The molecule has 20 heavy (non-hydrogen) atoms. The number of carbonyl (C=O) groups excluding carboxylic acids is 1. The second-order valence-electron chi connectivity index (χ2n) is 5.78. The van der Waals surface area contributed by atoms with Crippen LogP contribution in [-0.4, -0.2) is 44.4 Å². The Morgan fingerprint density at radius 2 is 2.30 bits per heavy atom. The molecule has 0 spiro atoms. The summed E-state index contributed by atoms with van der Waals surface area (Å²) in [5.41, 5.74) is 5.16. The lowest BCUT2D eigenvalue weighted by molar-refractivity contribution is -0.126. The van der Waals surface area contributed by atoms with Gasteiger partial charge in [-0.2, -0.15) is 0 Å². The minimum Gasteiger partial charge on any atom is -0.382 e. The van der Waals surface area contributed by atoms with Crippen molar-refractivity contribution in [2.24, 2.45) is 11.7 Å². The van der Waals surface area contributed by atoms with Crippen LogP contribution in [0.1, 0.15) is 46.0 Å². The quantitative estimate of drug-likeness (QED) is 0.637. The van der Waals surface area contributed by atoms with Gasteiger partial charge in [-0.15, -0.1) is 0 Å². The van der Waals surface area contributed by atoms with E-state index in [4.69, 9.17) is 15.2 Å². The molecule has 1 amide bonds. The Morgan fingerprint density at radius 1 is 1.55 bits per heavy atom. The number of primary amides is 1. The topological polar surface area (TPSA) is 73.6 Å². The number of nitrogens with one attached hydrogen (secondary N) is 1. The summed E-state index contributed by atoms with van der Waals surface area (Å²) in [6.45, 7) is 6.17. The molecule has 0 heterocycles. The average Bonchev–Trinajstić information content (AvgIpc) is 2.81. The van der Waals surface area contributed by atoms with Crippen molar-refractivity contribution in [1.29, 1.82) is 0 Å². The molecule has 3 unspecified atom stereocenters. The zero-order valence-electron chi connectivity index (χ0n) is 13.1. The van der Waals surface area contributed by atoms with Crippen LogP contribution in [0.2, 0.25) is 0 Å². The predicted molar refractivity (Wildman–Crippen MR) is 79.5 cm³/mol. The molecule has 5 heteroatoms. The maximum absolute atomic E-state index is 11.9. The van der Waals surface area contributed by atoms with E-state index in [0.717, 1.165) is 38.6 Å². The maximum Gasteiger partial charge on any atom is 0.238 e. The first-order valence-corrected chi connectivity index (χ1v) is 7.72. The number of nitrogens with two attached hydrogens (primary N) is 1. The van der Waals surface area contributed by atoms with Crippen LogP contribution in [0.3, 0.4) is 0 Å². The molecule has 1 fully saturated rings. The van der Waals surface area contributed by atoms with Crippen molar-refractivity contribution >= 4 is 5.91 Å². The van der Waals surface area contributed by atoms with Crippen LogP contribution in [0.25, 0.3) is 0 Å². The van der Waals surface area contributed by atoms with Crippen LogP contribution >= 0.6 is 0 Å². The lowest BCUT2D eigenvalue weighted by Gasteiger charge is -2.34. The molecule has 0 radical (unpaired) electrons.